The van der Waals surface area contributed by atoms with Crippen LogP contribution in [0.15, 0.2) is 17.6 Å². The molecule has 17 heavy (non-hydrogen) atoms. The highest BCUT2D eigenvalue weighted by atomic mass is 32.2. The van der Waals surface area contributed by atoms with E-state index in [-0.39, 0.29) is 10.4 Å². The third-order valence-electron chi connectivity index (χ3n) is 3.33. The number of nitrogens with zero attached hydrogens (tertiary/aromatic N) is 1. The highest BCUT2D eigenvalue weighted by molar-refractivity contribution is 7.89. The summed E-state index contributed by atoms with van der Waals surface area (Å²) in [6.45, 7) is 4.84. The molecule has 0 aliphatic heterocycles. The Morgan fingerprint density at radius 1 is 1.47 bits per heavy atom. The van der Waals surface area contributed by atoms with E-state index >= 15 is 0 Å². The van der Waals surface area contributed by atoms with Crippen molar-refractivity contribution in [3.8, 4) is 0 Å². The quantitative estimate of drug-likeness (QED) is 0.662. The Balaban J connectivity index is 2.73. The molecular formula is C10H20N4O2S. The first-order valence-electron chi connectivity index (χ1n) is 5.68. The van der Waals surface area contributed by atoms with Gasteiger partial charge in [-0.2, -0.15) is 0 Å². The second-order valence-electron chi connectivity index (χ2n) is 4.15. The average molecular weight is 260 g/mol. The summed E-state index contributed by atoms with van der Waals surface area (Å²) in [5, 5.41) is 0.0793. The highest BCUT2D eigenvalue weighted by Gasteiger charge is 2.27. The van der Waals surface area contributed by atoms with Gasteiger partial charge in [0.25, 0.3) is 10.0 Å². The second-order valence-corrected chi connectivity index (χ2v) is 5.89. The van der Waals surface area contributed by atoms with Crippen LogP contribution in [0, 0.1) is 5.41 Å². The van der Waals surface area contributed by atoms with Gasteiger partial charge < -0.3 is 10.7 Å². The molecule has 7 heteroatoms. The SMILES string of the molecule is CCC(CC)(CN)CNS(=O)(=O)c1cnc[nH]1. The van der Waals surface area contributed by atoms with E-state index in [1.54, 1.807) is 0 Å². The van der Waals surface area contributed by atoms with Crippen molar-refractivity contribution in [3.05, 3.63) is 12.5 Å². The van der Waals surface area contributed by atoms with Gasteiger partial charge in [0, 0.05) is 6.54 Å². The van der Waals surface area contributed by atoms with Gasteiger partial charge in [0.15, 0.2) is 5.03 Å². The first kappa shape index (κ1) is 14.1. The minimum absolute atomic E-state index is 0.0793. The molecule has 6 nitrogen and oxygen atoms in total. The zero-order valence-electron chi connectivity index (χ0n) is 10.2. The molecule has 0 aliphatic rings. The Bertz CT molecular complexity index is 415. The van der Waals surface area contributed by atoms with E-state index in [0.717, 1.165) is 12.8 Å². The minimum Gasteiger partial charge on any atom is -0.335 e. The summed E-state index contributed by atoms with van der Waals surface area (Å²) in [6.07, 6.45) is 4.30. The number of rotatable bonds is 7. The monoisotopic (exact) mass is 260 g/mol. The summed E-state index contributed by atoms with van der Waals surface area (Å²) in [5.74, 6) is 0. The van der Waals surface area contributed by atoms with Crippen LogP contribution in [0.5, 0.6) is 0 Å². The van der Waals surface area contributed by atoms with Gasteiger partial charge in [0.2, 0.25) is 0 Å². The number of imidazole rings is 1. The summed E-state index contributed by atoms with van der Waals surface area (Å²) >= 11 is 0. The average Bonchev–Trinajstić information content (AvgIpc) is 2.86. The van der Waals surface area contributed by atoms with Gasteiger partial charge in [-0.25, -0.2) is 18.1 Å². The van der Waals surface area contributed by atoms with Crippen molar-refractivity contribution >= 4 is 10.0 Å². The zero-order chi connectivity index (χ0) is 12.9. The molecule has 0 unspecified atom stereocenters. The summed E-state index contributed by atoms with van der Waals surface area (Å²) in [5.41, 5.74) is 5.55. The normalized spacial score (nSPS) is 12.9. The third kappa shape index (κ3) is 3.27. The van der Waals surface area contributed by atoms with Gasteiger partial charge in [-0.15, -0.1) is 0 Å². The summed E-state index contributed by atoms with van der Waals surface area (Å²) in [6, 6.07) is 0. The molecule has 1 heterocycles. The van der Waals surface area contributed by atoms with Crippen LogP contribution in [0.25, 0.3) is 0 Å². The van der Waals surface area contributed by atoms with E-state index in [1.807, 2.05) is 13.8 Å². The molecule has 98 valence electrons. The molecule has 0 saturated carbocycles. The molecule has 1 aromatic heterocycles. The number of hydrogen-bond acceptors (Lipinski definition) is 4. The van der Waals surface area contributed by atoms with E-state index in [2.05, 4.69) is 14.7 Å². The molecule has 0 saturated heterocycles. The van der Waals surface area contributed by atoms with Gasteiger partial charge in [0.1, 0.15) is 0 Å². The number of sulfonamides is 1. The van der Waals surface area contributed by atoms with Crippen LogP contribution < -0.4 is 10.5 Å². The molecule has 0 atom stereocenters. The lowest BCUT2D eigenvalue weighted by Crippen LogP contribution is -2.41. The molecule has 1 rings (SSSR count). The summed E-state index contributed by atoms with van der Waals surface area (Å²) in [4.78, 5) is 6.27. The van der Waals surface area contributed by atoms with Crippen LogP contribution in [0.4, 0.5) is 0 Å². The highest BCUT2D eigenvalue weighted by Crippen LogP contribution is 2.24. The van der Waals surface area contributed by atoms with E-state index in [0.29, 0.717) is 13.1 Å². The van der Waals surface area contributed by atoms with Crippen molar-refractivity contribution in [3.63, 3.8) is 0 Å². The Hall–Kier alpha value is -0.920. The molecule has 4 N–H and O–H groups in total. The Morgan fingerprint density at radius 3 is 2.53 bits per heavy atom. The molecular weight excluding hydrogens is 240 g/mol. The van der Waals surface area contributed by atoms with Crippen LogP contribution in [0.2, 0.25) is 0 Å². The van der Waals surface area contributed by atoms with E-state index in [9.17, 15) is 8.42 Å². The largest absolute Gasteiger partial charge is 0.335 e. The first-order chi connectivity index (χ1) is 7.99. The number of nitrogens with two attached hydrogens (primary N) is 1. The maximum Gasteiger partial charge on any atom is 0.257 e. The van der Waals surface area contributed by atoms with E-state index in [1.165, 1.54) is 12.5 Å². The van der Waals surface area contributed by atoms with Crippen molar-refractivity contribution in [1.82, 2.24) is 14.7 Å². The number of hydrogen-bond donors (Lipinski definition) is 3. The Morgan fingerprint density at radius 2 is 2.12 bits per heavy atom. The molecule has 0 aromatic carbocycles. The fourth-order valence-corrected chi connectivity index (χ4v) is 2.64. The van der Waals surface area contributed by atoms with Gasteiger partial charge in [-0.05, 0) is 24.8 Å². The number of H-pyrrole nitrogens is 1. The van der Waals surface area contributed by atoms with Crippen LogP contribution >= 0.6 is 0 Å². The molecule has 0 bridgehead atoms. The van der Waals surface area contributed by atoms with Crippen LogP contribution in [0.3, 0.4) is 0 Å². The number of aromatic amines is 1. The van der Waals surface area contributed by atoms with Crippen molar-refractivity contribution in [2.75, 3.05) is 13.1 Å². The lowest BCUT2D eigenvalue weighted by atomic mass is 9.83. The lowest BCUT2D eigenvalue weighted by molar-refractivity contribution is 0.275. The van der Waals surface area contributed by atoms with Crippen LogP contribution in [-0.4, -0.2) is 31.5 Å². The molecule has 0 aliphatic carbocycles. The van der Waals surface area contributed by atoms with E-state index in [4.69, 9.17) is 5.73 Å². The van der Waals surface area contributed by atoms with Crippen LogP contribution in [0.1, 0.15) is 26.7 Å². The fraction of sp³-hybridized carbons (Fsp3) is 0.700. The number of aromatic nitrogens is 2. The van der Waals surface area contributed by atoms with Crippen molar-refractivity contribution in [2.45, 2.75) is 31.7 Å². The summed E-state index contributed by atoms with van der Waals surface area (Å²) < 4.78 is 26.3. The maximum atomic E-state index is 11.9. The van der Waals surface area contributed by atoms with Gasteiger partial charge in [-0.3, -0.25) is 0 Å². The maximum absolute atomic E-state index is 11.9. The fourth-order valence-electron chi connectivity index (χ4n) is 1.58. The predicted octanol–water partition coefficient (Wildman–Crippen LogP) is 0.453. The second kappa shape index (κ2) is 5.61. The van der Waals surface area contributed by atoms with Gasteiger partial charge in [0.05, 0.1) is 12.5 Å². The predicted molar refractivity (Wildman–Crippen MR) is 65.8 cm³/mol. The molecule has 0 radical (unpaired) electrons. The first-order valence-corrected chi connectivity index (χ1v) is 7.16. The Labute approximate surface area is 102 Å². The minimum atomic E-state index is -3.50. The third-order valence-corrected chi connectivity index (χ3v) is 4.66. The van der Waals surface area contributed by atoms with Gasteiger partial charge >= 0.3 is 0 Å². The zero-order valence-corrected chi connectivity index (χ0v) is 11.0. The lowest BCUT2D eigenvalue weighted by Gasteiger charge is -2.29. The molecule has 0 spiro atoms. The topological polar surface area (TPSA) is 101 Å². The van der Waals surface area contributed by atoms with Crippen molar-refractivity contribution in [1.29, 1.82) is 0 Å². The standard InChI is InChI=1S/C10H20N4O2S/c1-3-10(4-2,6-11)7-14-17(15,16)9-5-12-8-13-9/h5,8,14H,3-4,6-7,11H2,1-2H3,(H,12,13). The number of nitrogens with one attached hydrogen (secondary N) is 2. The van der Waals surface area contributed by atoms with E-state index < -0.39 is 10.0 Å². The van der Waals surface area contributed by atoms with Crippen molar-refractivity contribution in [2.24, 2.45) is 11.1 Å². The summed E-state index contributed by atoms with van der Waals surface area (Å²) in [7, 11) is -3.50. The van der Waals surface area contributed by atoms with Crippen molar-refractivity contribution < 1.29 is 8.42 Å². The van der Waals surface area contributed by atoms with Crippen LogP contribution in [-0.2, 0) is 10.0 Å². The molecule has 0 fully saturated rings. The Kier molecular flexibility index (Phi) is 4.67. The molecule has 0 amide bonds. The molecule has 1 aromatic rings. The smallest absolute Gasteiger partial charge is 0.257 e. The van der Waals surface area contributed by atoms with Gasteiger partial charge in [-0.1, -0.05) is 13.8 Å².